The van der Waals surface area contributed by atoms with E-state index in [9.17, 15) is 19.8 Å². The number of primary amides is 1. The van der Waals surface area contributed by atoms with Crippen molar-refractivity contribution in [2.24, 2.45) is 11.5 Å². The number of likely N-dealkylation sites (tertiary alicyclic amines) is 1. The summed E-state index contributed by atoms with van der Waals surface area (Å²) < 4.78 is 0. The molecular formula is C14H19N3O4. The lowest BCUT2D eigenvalue weighted by atomic mass is 10.0. The smallest absolute Gasteiger partial charge is 0.240 e. The summed E-state index contributed by atoms with van der Waals surface area (Å²) >= 11 is 0. The Kier molecular flexibility index (Phi) is 4.44. The Morgan fingerprint density at radius 3 is 2.52 bits per heavy atom. The van der Waals surface area contributed by atoms with Crippen LogP contribution in [0.5, 0.6) is 5.75 Å². The zero-order chi connectivity index (χ0) is 15.6. The maximum Gasteiger partial charge on any atom is 0.240 e. The van der Waals surface area contributed by atoms with Crippen LogP contribution >= 0.6 is 0 Å². The fourth-order valence-corrected chi connectivity index (χ4v) is 2.51. The second kappa shape index (κ2) is 6.11. The minimum atomic E-state index is -0.832. The number of nitrogens with two attached hydrogens (primary N) is 2. The van der Waals surface area contributed by atoms with Crippen molar-refractivity contribution in [3.63, 3.8) is 0 Å². The molecule has 2 rings (SSSR count). The number of carbonyl (C=O) groups is 2. The number of nitrogens with zero attached hydrogens (tertiary/aromatic N) is 1. The molecule has 1 saturated heterocycles. The molecule has 21 heavy (non-hydrogen) atoms. The Labute approximate surface area is 122 Å². The first-order chi connectivity index (χ1) is 9.88. The highest BCUT2D eigenvalue weighted by molar-refractivity contribution is 5.89. The number of aliphatic hydroxyl groups excluding tert-OH is 1. The molecule has 2 unspecified atom stereocenters. The molecule has 6 N–H and O–H groups in total. The molecule has 7 heteroatoms. The quantitative estimate of drug-likeness (QED) is 0.549. The van der Waals surface area contributed by atoms with Crippen molar-refractivity contribution in [3.8, 4) is 5.75 Å². The molecule has 0 saturated carbocycles. The van der Waals surface area contributed by atoms with Crippen LogP contribution in [0.25, 0.3) is 0 Å². The number of hydrogen-bond donors (Lipinski definition) is 4. The Morgan fingerprint density at radius 2 is 1.95 bits per heavy atom. The number of phenols is 1. The molecule has 2 amide bonds. The second-order valence-corrected chi connectivity index (χ2v) is 5.28. The van der Waals surface area contributed by atoms with Crippen LogP contribution in [0.1, 0.15) is 12.0 Å². The van der Waals surface area contributed by atoms with Gasteiger partial charge in [0, 0.05) is 13.0 Å². The number of carbonyl (C=O) groups excluding carboxylic acids is 2. The first-order valence-electron chi connectivity index (χ1n) is 6.70. The summed E-state index contributed by atoms with van der Waals surface area (Å²) in [6, 6.07) is 4.73. The van der Waals surface area contributed by atoms with Crippen LogP contribution in [0.15, 0.2) is 24.3 Å². The van der Waals surface area contributed by atoms with E-state index in [0.717, 1.165) is 5.56 Å². The molecule has 0 bridgehead atoms. The van der Waals surface area contributed by atoms with Gasteiger partial charge < -0.3 is 26.6 Å². The first kappa shape index (κ1) is 15.3. The third-order valence-corrected chi connectivity index (χ3v) is 3.60. The number of aliphatic hydroxyl groups is 1. The van der Waals surface area contributed by atoms with Crippen LogP contribution in [0, 0.1) is 0 Å². The largest absolute Gasteiger partial charge is 0.508 e. The SMILES string of the molecule is NC(=O)C1CC(O)CN1C(=O)[C@@H](N)Cc1ccc(O)cc1. The van der Waals surface area contributed by atoms with Crippen LogP contribution in [-0.4, -0.2) is 51.7 Å². The molecule has 0 aliphatic carbocycles. The van der Waals surface area contributed by atoms with Crippen molar-refractivity contribution in [2.45, 2.75) is 31.0 Å². The number of hydrogen-bond acceptors (Lipinski definition) is 5. The number of β-amino-alcohol motifs (C(OH)–C–C–N with tert-alkyl or cyclic N) is 1. The maximum absolute atomic E-state index is 12.3. The second-order valence-electron chi connectivity index (χ2n) is 5.28. The topological polar surface area (TPSA) is 130 Å². The van der Waals surface area contributed by atoms with Gasteiger partial charge in [-0.1, -0.05) is 12.1 Å². The Morgan fingerprint density at radius 1 is 1.33 bits per heavy atom. The fourth-order valence-electron chi connectivity index (χ4n) is 2.51. The van der Waals surface area contributed by atoms with Gasteiger partial charge in [-0.2, -0.15) is 0 Å². The van der Waals surface area contributed by atoms with E-state index in [1.165, 1.54) is 17.0 Å². The summed E-state index contributed by atoms with van der Waals surface area (Å²) in [6.45, 7) is 0.0652. The lowest BCUT2D eigenvalue weighted by molar-refractivity contribution is -0.138. The van der Waals surface area contributed by atoms with Gasteiger partial charge in [0.15, 0.2) is 0 Å². The van der Waals surface area contributed by atoms with Crippen LogP contribution < -0.4 is 11.5 Å². The number of rotatable bonds is 4. The molecule has 1 aliphatic rings. The Balaban J connectivity index is 2.04. The predicted molar refractivity (Wildman–Crippen MR) is 75.1 cm³/mol. The average molecular weight is 293 g/mol. The van der Waals surface area contributed by atoms with E-state index in [4.69, 9.17) is 11.5 Å². The summed E-state index contributed by atoms with van der Waals surface area (Å²) in [5.41, 5.74) is 11.9. The van der Waals surface area contributed by atoms with Gasteiger partial charge in [-0.05, 0) is 24.1 Å². The predicted octanol–water partition coefficient (Wildman–Crippen LogP) is -1.29. The number of phenolic OH excluding ortho intramolecular Hbond substituents is 1. The molecule has 114 valence electrons. The van der Waals surface area contributed by atoms with E-state index in [2.05, 4.69) is 0 Å². The molecule has 1 heterocycles. The van der Waals surface area contributed by atoms with E-state index < -0.39 is 30.0 Å². The van der Waals surface area contributed by atoms with E-state index in [-0.39, 0.29) is 25.1 Å². The van der Waals surface area contributed by atoms with Gasteiger partial charge in [0.2, 0.25) is 11.8 Å². The lowest BCUT2D eigenvalue weighted by Crippen LogP contribution is -2.50. The van der Waals surface area contributed by atoms with Crippen LogP contribution in [0.2, 0.25) is 0 Å². The van der Waals surface area contributed by atoms with Gasteiger partial charge in [0.1, 0.15) is 11.8 Å². The molecule has 0 aromatic heterocycles. The molecule has 0 spiro atoms. The van der Waals surface area contributed by atoms with Crippen molar-refractivity contribution in [3.05, 3.63) is 29.8 Å². The first-order valence-corrected chi connectivity index (χ1v) is 6.70. The Hall–Kier alpha value is -2.12. The van der Waals surface area contributed by atoms with Crippen molar-refractivity contribution in [1.82, 2.24) is 4.90 Å². The minimum absolute atomic E-state index is 0.0652. The van der Waals surface area contributed by atoms with Crippen molar-refractivity contribution < 1.29 is 19.8 Å². The Bertz CT molecular complexity index is 532. The van der Waals surface area contributed by atoms with Crippen molar-refractivity contribution in [1.29, 1.82) is 0 Å². The van der Waals surface area contributed by atoms with Gasteiger partial charge >= 0.3 is 0 Å². The normalized spacial score (nSPS) is 23.0. The zero-order valence-corrected chi connectivity index (χ0v) is 11.5. The molecule has 3 atom stereocenters. The van der Waals surface area contributed by atoms with E-state index in [0.29, 0.717) is 0 Å². The summed E-state index contributed by atoms with van der Waals surface area (Å²) in [5, 5.41) is 18.8. The molecule has 1 aliphatic heterocycles. The van der Waals surface area contributed by atoms with Gasteiger partial charge in [-0.3, -0.25) is 9.59 Å². The number of benzene rings is 1. The highest BCUT2D eigenvalue weighted by Crippen LogP contribution is 2.19. The molecule has 1 aromatic rings. The summed E-state index contributed by atoms with van der Waals surface area (Å²) in [7, 11) is 0. The van der Waals surface area contributed by atoms with Gasteiger partial charge in [-0.25, -0.2) is 0 Å². The van der Waals surface area contributed by atoms with Crippen LogP contribution in [0.4, 0.5) is 0 Å². The van der Waals surface area contributed by atoms with E-state index in [1.807, 2.05) is 0 Å². The summed E-state index contributed by atoms with van der Waals surface area (Å²) in [4.78, 5) is 24.9. The minimum Gasteiger partial charge on any atom is -0.508 e. The van der Waals surface area contributed by atoms with Crippen molar-refractivity contribution in [2.75, 3.05) is 6.54 Å². The zero-order valence-electron chi connectivity index (χ0n) is 11.5. The fraction of sp³-hybridized carbons (Fsp3) is 0.429. The van der Waals surface area contributed by atoms with Gasteiger partial charge in [0.25, 0.3) is 0 Å². The molecular weight excluding hydrogens is 274 g/mol. The summed E-state index contributed by atoms with van der Waals surface area (Å²) in [5.74, 6) is -0.921. The van der Waals surface area contributed by atoms with Crippen LogP contribution in [0.3, 0.4) is 0 Å². The number of amides is 2. The third kappa shape index (κ3) is 3.50. The molecule has 0 radical (unpaired) electrons. The monoisotopic (exact) mass is 293 g/mol. The molecule has 7 nitrogen and oxygen atoms in total. The highest BCUT2D eigenvalue weighted by atomic mass is 16.3. The van der Waals surface area contributed by atoms with Gasteiger partial charge in [0.05, 0.1) is 12.1 Å². The van der Waals surface area contributed by atoms with Gasteiger partial charge in [-0.15, -0.1) is 0 Å². The third-order valence-electron chi connectivity index (χ3n) is 3.60. The van der Waals surface area contributed by atoms with Crippen molar-refractivity contribution >= 4 is 11.8 Å². The van der Waals surface area contributed by atoms with E-state index in [1.54, 1.807) is 12.1 Å². The highest BCUT2D eigenvalue weighted by Gasteiger charge is 2.39. The van der Waals surface area contributed by atoms with Crippen LogP contribution in [-0.2, 0) is 16.0 Å². The standard InChI is InChI=1S/C14H19N3O4/c15-11(5-8-1-3-9(18)4-2-8)14(21)17-7-10(19)6-12(17)13(16)20/h1-4,10-12,18-19H,5-7,15H2,(H2,16,20)/t10?,11-,12?/m0/s1. The van der Waals surface area contributed by atoms with E-state index >= 15 is 0 Å². The average Bonchev–Trinajstić information content (AvgIpc) is 2.82. The molecule has 1 aromatic carbocycles. The lowest BCUT2D eigenvalue weighted by Gasteiger charge is -2.25. The number of aromatic hydroxyl groups is 1. The maximum atomic E-state index is 12.3. The molecule has 1 fully saturated rings. The summed E-state index contributed by atoms with van der Waals surface area (Å²) in [6.07, 6.45) is -0.336.